The lowest BCUT2D eigenvalue weighted by Gasteiger charge is -2.36. The van der Waals surface area contributed by atoms with Crippen LogP contribution in [0.15, 0.2) is 66.7 Å². The van der Waals surface area contributed by atoms with Gasteiger partial charge in [0.25, 0.3) is 5.91 Å². The summed E-state index contributed by atoms with van der Waals surface area (Å²) < 4.78 is 0. The van der Waals surface area contributed by atoms with Crippen molar-refractivity contribution in [3.8, 4) is 0 Å². The summed E-state index contributed by atoms with van der Waals surface area (Å²) in [6.45, 7) is 0. The summed E-state index contributed by atoms with van der Waals surface area (Å²) in [5.41, 5.74) is 2.73. The van der Waals surface area contributed by atoms with Gasteiger partial charge in [0.1, 0.15) is 6.17 Å². The smallest absolute Gasteiger partial charge is 0.257 e. The van der Waals surface area contributed by atoms with E-state index in [9.17, 15) is 4.79 Å². The molecule has 1 aliphatic rings. The van der Waals surface area contributed by atoms with Gasteiger partial charge in [-0.2, -0.15) is 0 Å². The maximum absolute atomic E-state index is 12.6. The number of benzene rings is 3. The van der Waals surface area contributed by atoms with E-state index < -0.39 is 0 Å². The molecule has 3 aromatic carbocycles. The van der Waals surface area contributed by atoms with Gasteiger partial charge in [-0.15, -0.1) is 0 Å². The van der Waals surface area contributed by atoms with E-state index in [1.165, 1.54) is 10.8 Å². The number of hydrogen-bond donors (Lipinski definition) is 1. The van der Waals surface area contributed by atoms with Crippen LogP contribution >= 0.6 is 0 Å². The monoisotopic (exact) mass is 288 g/mol. The van der Waals surface area contributed by atoms with Crippen molar-refractivity contribution in [2.75, 3.05) is 12.4 Å². The lowest BCUT2D eigenvalue weighted by Crippen LogP contribution is -2.40. The van der Waals surface area contributed by atoms with E-state index in [1.54, 1.807) is 4.90 Å². The zero-order valence-electron chi connectivity index (χ0n) is 12.3. The van der Waals surface area contributed by atoms with Crippen molar-refractivity contribution in [3.05, 3.63) is 77.9 Å². The highest BCUT2D eigenvalue weighted by atomic mass is 16.2. The minimum atomic E-state index is -0.159. The molecule has 108 valence electrons. The lowest BCUT2D eigenvalue weighted by atomic mass is 9.99. The summed E-state index contributed by atoms with van der Waals surface area (Å²) in [5, 5.41) is 5.84. The van der Waals surface area contributed by atoms with Gasteiger partial charge in [0, 0.05) is 18.3 Å². The third-order valence-corrected chi connectivity index (χ3v) is 4.28. The SMILES string of the molecule is CN1C(=O)c2ccccc2NC1c1cccc2ccccc12. The molecular weight excluding hydrogens is 272 g/mol. The Morgan fingerprint density at radius 2 is 1.64 bits per heavy atom. The second-order valence-corrected chi connectivity index (χ2v) is 5.58. The molecule has 22 heavy (non-hydrogen) atoms. The Balaban J connectivity index is 1.88. The largest absolute Gasteiger partial charge is 0.361 e. The van der Waals surface area contributed by atoms with Crippen LogP contribution < -0.4 is 5.32 Å². The summed E-state index contributed by atoms with van der Waals surface area (Å²) >= 11 is 0. The van der Waals surface area contributed by atoms with Crippen molar-refractivity contribution in [2.45, 2.75) is 6.17 Å². The lowest BCUT2D eigenvalue weighted by molar-refractivity contribution is 0.0736. The number of amides is 1. The molecule has 1 amide bonds. The van der Waals surface area contributed by atoms with Crippen LogP contribution in [-0.4, -0.2) is 17.9 Å². The van der Waals surface area contributed by atoms with Gasteiger partial charge in [-0.3, -0.25) is 4.79 Å². The van der Waals surface area contributed by atoms with E-state index in [-0.39, 0.29) is 12.1 Å². The topological polar surface area (TPSA) is 32.3 Å². The third kappa shape index (κ3) is 1.86. The number of fused-ring (bicyclic) bond motifs is 2. The average molecular weight is 288 g/mol. The van der Waals surface area contributed by atoms with E-state index in [0.717, 1.165) is 16.8 Å². The first-order valence-corrected chi connectivity index (χ1v) is 7.36. The van der Waals surface area contributed by atoms with Crippen LogP contribution in [0.5, 0.6) is 0 Å². The first kappa shape index (κ1) is 12.9. The highest BCUT2D eigenvalue weighted by Crippen LogP contribution is 2.34. The molecule has 1 N–H and O–H groups in total. The number of anilines is 1. The molecule has 1 heterocycles. The van der Waals surface area contributed by atoms with E-state index >= 15 is 0 Å². The number of carbonyl (C=O) groups excluding carboxylic acids is 1. The highest BCUT2D eigenvalue weighted by Gasteiger charge is 2.30. The molecule has 3 aromatic rings. The Morgan fingerprint density at radius 3 is 2.55 bits per heavy atom. The second-order valence-electron chi connectivity index (χ2n) is 5.58. The van der Waals surface area contributed by atoms with E-state index in [0.29, 0.717) is 0 Å². The van der Waals surface area contributed by atoms with Gasteiger partial charge in [0.2, 0.25) is 0 Å². The van der Waals surface area contributed by atoms with E-state index in [1.807, 2.05) is 49.5 Å². The number of nitrogens with zero attached hydrogens (tertiary/aromatic N) is 1. The van der Waals surface area contributed by atoms with Crippen LogP contribution in [-0.2, 0) is 0 Å². The van der Waals surface area contributed by atoms with E-state index in [2.05, 4.69) is 29.6 Å². The van der Waals surface area contributed by atoms with E-state index in [4.69, 9.17) is 0 Å². The van der Waals surface area contributed by atoms with Crippen LogP contribution in [0.25, 0.3) is 10.8 Å². The van der Waals surface area contributed by atoms with Gasteiger partial charge in [-0.05, 0) is 22.9 Å². The van der Waals surface area contributed by atoms with Gasteiger partial charge in [0.15, 0.2) is 0 Å². The van der Waals surface area contributed by atoms with Crippen LogP contribution in [0, 0.1) is 0 Å². The minimum Gasteiger partial charge on any atom is -0.361 e. The van der Waals surface area contributed by atoms with Crippen LogP contribution in [0.2, 0.25) is 0 Å². The molecule has 0 saturated carbocycles. The molecule has 4 rings (SSSR count). The molecule has 1 atom stereocenters. The molecule has 0 spiro atoms. The Labute approximate surface area is 129 Å². The van der Waals surface area contributed by atoms with Gasteiger partial charge < -0.3 is 10.2 Å². The van der Waals surface area contributed by atoms with Crippen LogP contribution in [0.1, 0.15) is 22.1 Å². The normalized spacial score (nSPS) is 17.2. The Bertz CT molecular complexity index is 867. The predicted octanol–water partition coefficient (Wildman–Crippen LogP) is 4.04. The van der Waals surface area contributed by atoms with Gasteiger partial charge in [-0.25, -0.2) is 0 Å². The first-order valence-electron chi connectivity index (χ1n) is 7.36. The molecule has 0 aliphatic carbocycles. The number of nitrogens with one attached hydrogen (secondary N) is 1. The highest BCUT2D eigenvalue weighted by molar-refractivity contribution is 6.02. The maximum atomic E-state index is 12.6. The van der Waals surface area contributed by atoms with Gasteiger partial charge in [0.05, 0.1) is 5.56 Å². The zero-order chi connectivity index (χ0) is 15.1. The molecule has 0 aromatic heterocycles. The summed E-state index contributed by atoms with van der Waals surface area (Å²) in [4.78, 5) is 14.4. The van der Waals surface area contributed by atoms with Gasteiger partial charge in [-0.1, -0.05) is 54.6 Å². The molecule has 1 aliphatic heterocycles. The van der Waals surface area contributed by atoms with Crippen molar-refractivity contribution in [1.82, 2.24) is 4.90 Å². The molecule has 3 heteroatoms. The molecule has 0 radical (unpaired) electrons. The maximum Gasteiger partial charge on any atom is 0.257 e. The molecular formula is C19H16N2O. The first-order chi connectivity index (χ1) is 10.8. The molecule has 1 unspecified atom stereocenters. The fraction of sp³-hybridized carbons (Fsp3) is 0.105. The molecule has 3 nitrogen and oxygen atoms in total. The number of rotatable bonds is 1. The van der Waals surface area contributed by atoms with Crippen molar-refractivity contribution >= 4 is 22.4 Å². The average Bonchev–Trinajstić information content (AvgIpc) is 2.58. The van der Waals surface area contributed by atoms with Crippen molar-refractivity contribution < 1.29 is 4.79 Å². The van der Waals surface area contributed by atoms with Gasteiger partial charge >= 0.3 is 0 Å². The zero-order valence-corrected chi connectivity index (χ0v) is 12.3. The quantitative estimate of drug-likeness (QED) is 0.733. The summed E-state index contributed by atoms with van der Waals surface area (Å²) in [5.74, 6) is 0.0484. The fourth-order valence-corrected chi connectivity index (χ4v) is 3.12. The number of carbonyl (C=O) groups is 1. The van der Waals surface area contributed by atoms with Crippen LogP contribution in [0.3, 0.4) is 0 Å². The second kappa shape index (κ2) is 4.88. The van der Waals surface area contributed by atoms with Crippen LogP contribution in [0.4, 0.5) is 5.69 Å². The summed E-state index contributed by atoms with van der Waals surface area (Å²) in [7, 11) is 1.84. The number of para-hydroxylation sites is 1. The Kier molecular flexibility index (Phi) is 2.86. The van der Waals surface area contributed by atoms with Crippen molar-refractivity contribution in [3.63, 3.8) is 0 Å². The summed E-state index contributed by atoms with van der Waals surface area (Å²) in [6.07, 6.45) is -0.159. The summed E-state index contributed by atoms with van der Waals surface area (Å²) in [6, 6.07) is 22.1. The Morgan fingerprint density at radius 1 is 0.909 bits per heavy atom. The molecule has 0 bridgehead atoms. The number of hydrogen-bond acceptors (Lipinski definition) is 2. The van der Waals surface area contributed by atoms with Crippen molar-refractivity contribution in [2.24, 2.45) is 0 Å². The van der Waals surface area contributed by atoms with Crippen molar-refractivity contribution in [1.29, 1.82) is 0 Å². The minimum absolute atomic E-state index is 0.0484. The molecule has 0 fully saturated rings. The Hall–Kier alpha value is -2.81. The molecule has 0 saturated heterocycles. The standard InChI is InChI=1S/C19H16N2O/c1-21-18(20-17-12-5-4-10-16(17)19(21)22)15-11-6-8-13-7-2-3-9-14(13)15/h2-12,18,20H,1H3. The predicted molar refractivity (Wildman–Crippen MR) is 88.8 cm³/mol. The third-order valence-electron chi connectivity index (χ3n) is 4.28. The fourth-order valence-electron chi connectivity index (χ4n) is 3.12.